The number of imidazole rings is 1. The highest BCUT2D eigenvalue weighted by Crippen LogP contribution is 2.34. The van der Waals surface area contributed by atoms with Crippen molar-refractivity contribution in [3.63, 3.8) is 0 Å². The van der Waals surface area contributed by atoms with Crippen LogP contribution in [0.15, 0.2) is 30.5 Å². The van der Waals surface area contributed by atoms with Gasteiger partial charge in [0.1, 0.15) is 11.5 Å². The van der Waals surface area contributed by atoms with E-state index in [9.17, 15) is 4.79 Å². The van der Waals surface area contributed by atoms with E-state index in [1.54, 1.807) is 0 Å². The Hall–Kier alpha value is -2.64. The van der Waals surface area contributed by atoms with Crippen molar-refractivity contribution in [1.29, 1.82) is 0 Å². The number of amides is 1. The molecule has 1 saturated heterocycles. The molecule has 2 unspecified atom stereocenters. The second-order valence-corrected chi connectivity index (χ2v) is 9.52. The molecule has 5 rings (SSSR count). The predicted octanol–water partition coefficient (Wildman–Crippen LogP) is 3.97. The van der Waals surface area contributed by atoms with Crippen LogP contribution in [0.3, 0.4) is 0 Å². The van der Waals surface area contributed by atoms with Gasteiger partial charge in [0, 0.05) is 48.8 Å². The largest absolute Gasteiger partial charge is 0.380 e. The van der Waals surface area contributed by atoms with Gasteiger partial charge in [-0.1, -0.05) is 38.0 Å². The summed E-state index contributed by atoms with van der Waals surface area (Å²) in [7, 11) is 0. The number of aromatic amines is 1. The van der Waals surface area contributed by atoms with Crippen molar-refractivity contribution in [1.82, 2.24) is 19.4 Å². The Morgan fingerprint density at radius 2 is 2.21 bits per heavy atom. The Bertz CT molecular complexity index is 1110. The first kappa shape index (κ1) is 22.2. The number of H-pyrrole nitrogens is 1. The maximum atomic E-state index is 12.5. The van der Waals surface area contributed by atoms with Crippen molar-refractivity contribution in [3.05, 3.63) is 53.2 Å². The summed E-state index contributed by atoms with van der Waals surface area (Å²) in [6.07, 6.45) is 8.50. The van der Waals surface area contributed by atoms with Crippen LogP contribution in [0.25, 0.3) is 10.9 Å². The van der Waals surface area contributed by atoms with Gasteiger partial charge in [-0.3, -0.25) is 9.69 Å². The molecule has 1 amide bonds. The molecule has 0 saturated carbocycles. The summed E-state index contributed by atoms with van der Waals surface area (Å²) in [6, 6.07) is 8.85. The van der Waals surface area contributed by atoms with E-state index in [4.69, 9.17) is 15.5 Å². The monoisotopic (exact) mass is 449 g/mol. The maximum absolute atomic E-state index is 12.5. The summed E-state index contributed by atoms with van der Waals surface area (Å²) in [5.74, 6) is 0.758. The molecule has 3 aromatic rings. The number of hydrogen-bond acceptors (Lipinski definition) is 4. The maximum Gasteiger partial charge on any atom is 0.269 e. The number of fused-ring (bicyclic) bond motifs is 2. The molecule has 0 bridgehead atoms. The van der Waals surface area contributed by atoms with E-state index >= 15 is 0 Å². The van der Waals surface area contributed by atoms with Gasteiger partial charge in [0.15, 0.2) is 0 Å². The van der Waals surface area contributed by atoms with Crippen LogP contribution in [0, 0.1) is 0 Å². The van der Waals surface area contributed by atoms with E-state index in [0.29, 0.717) is 11.7 Å². The van der Waals surface area contributed by atoms with Gasteiger partial charge in [-0.2, -0.15) is 0 Å². The Balaban J connectivity index is 1.48. The lowest BCUT2D eigenvalue weighted by Crippen LogP contribution is -2.45. The molecule has 2 aliphatic heterocycles. The second kappa shape index (κ2) is 9.69. The molecule has 7 heteroatoms. The Morgan fingerprint density at radius 3 is 3.00 bits per heavy atom. The fourth-order valence-electron chi connectivity index (χ4n) is 5.64. The standard InChI is InChI=1S/C26H35N5O2/c1-2-3-7-18(14-19-15-28-22-10-5-4-9-21(19)22)25-24(26(27)32)29-23-16-30(11-12-31(23)25)20-8-6-13-33-17-20/h4-5,9-10,15,18,20,28H,2-3,6-8,11-14,16-17H2,1H3,(H2,27,32). The molecule has 3 N–H and O–H groups in total. The molecule has 2 aliphatic rings. The number of nitrogens with one attached hydrogen (secondary N) is 1. The van der Waals surface area contributed by atoms with Crippen molar-refractivity contribution < 1.29 is 9.53 Å². The summed E-state index contributed by atoms with van der Waals surface area (Å²) >= 11 is 0. The first-order chi connectivity index (χ1) is 16.2. The molecule has 2 aromatic heterocycles. The summed E-state index contributed by atoms with van der Waals surface area (Å²) in [5.41, 5.74) is 9.82. The summed E-state index contributed by atoms with van der Waals surface area (Å²) in [6.45, 7) is 6.42. The third-order valence-electron chi connectivity index (χ3n) is 7.36. The highest BCUT2D eigenvalue weighted by Gasteiger charge is 2.33. The van der Waals surface area contributed by atoms with Gasteiger partial charge >= 0.3 is 0 Å². The molecule has 2 atom stereocenters. The molecule has 33 heavy (non-hydrogen) atoms. The van der Waals surface area contributed by atoms with Crippen LogP contribution >= 0.6 is 0 Å². The zero-order valence-corrected chi connectivity index (χ0v) is 19.6. The van der Waals surface area contributed by atoms with Crippen molar-refractivity contribution in [3.8, 4) is 0 Å². The third-order valence-corrected chi connectivity index (χ3v) is 7.36. The number of nitrogens with two attached hydrogens (primary N) is 1. The molecule has 0 aliphatic carbocycles. The topological polar surface area (TPSA) is 89.2 Å². The predicted molar refractivity (Wildman–Crippen MR) is 129 cm³/mol. The second-order valence-electron chi connectivity index (χ2n) is 9.52. The highest BCUT2D eigenvalue weighted by atomic mass is 16.5. The minimum absolute atomic E-state index is 0.206. The number of aromatic nitrogens is 3. The molecule has 4 heterocycles. The molecular weight excluding hydrogens is 414 g/mol. The fourth-order valence-corrected chi connectivity index (χ4v) is 5.64. The molecular formula is C26H35N5O2. The zero-order chi connectivity index (χ0) is 22.8. The van der Waals surface area contributed by atoms with Gasteiger partial charge in [0.05, 0.1) is 18.8 Å². The number of rotatable bonds is 8. The molecule has 0 spiro atoms. The van der Waals surface area contributed by atoms with Crippen LogP contribution in [0.2, 0.25) is 0 Å². The summed E-state index contributed by atoms with van der Waals surface area (Å²) in [4.78, 5) is 23.2. The first-order valence-electron chi connectivity index (χ1n) is 12.4. The van der Waals surface area contributed by atoms with Gasteiger partial charge in [-0.15, -0.1) is 0 Å². The van der Waals surface area contributed by atoms with Crippen molar-refractivity contribution >= 4 is 16.8 Å². The van der Waals surface area contributed by atoms with E-state index in [0.717, 1.165) is 88.4 Å². The molecule has 7 nitrogen and oxygen atoms in total. The summed E-state index contributed by atoms with van der Waals surface area (Å²) < 4.78 is 8.02. The molecule has 1 fully saturated rings. The van der Waals surface area contributed by atoms with Crippen molar-refractivity contribution in [2.75, 3.05) is 19.8 Å². The third kappa shape index (κ3) is 4.44. The van der Waals surface area contributed by atoms with Crippen LogP contribution in [0.5, 0.6) is 0 Å². The molecule has 176 valence electrons. The Morgan fingerprint density at radius 1 is 1.33 bits per heavy atom. The zero-order valence-electron chi connectivity index (χ0n) is 19.6. The number of ether oxygens (including phenoxy) is 1. The smallest absolute Gasteiger partial charge is 0.269 e. The SMILES string of the molecule is CCCCC(Cc1c[nH]c2ccccc12)c1c(C(N)=O)nc2n1CCN(C1CCCOC1)C2. The average Bonchev–Trinajstić information content (AvgIpc) is 3.43. The van der Waals surface area contributed by atoms with Crippen LogP contribution in [-0.4, -0.2) is 51.1 Å². The highest BCUT2D eigenvalue weighted by molar-refractivity contribution is 5.92. The number of unbranched alkanes of at least 4 members (excludes halogenated alkanes) is 1. The number of carbonyl (C=O) groups is 1. The van der Waals surface area contributed by atoms with Gasteiger partial charge < -0.3 is 20.0 Å². The van der Waals surface area contributed by atoms with Crippen LogP contribution in [-0.2, 0) is 24.2 Å². The van der Waals surface area contributed by atoms with E-state index in [1.807, 2.05) is 0 Å². The quantitative estimate of drug-likeness (QED) is 0.544. The van der Waals surface area contributed by atoms with Crippen LogP contribution < -0.4 is 5.73 Å². The van der Waals surface area contributed by atoms with E-state index in [1.165, 1.54) is 10.9 Å². The van der Waals surface area contributed by atoms with Crippen LogP contribution in [0.1, 0.15) is 72.5 Å². The Labute approximate surface area is 195 Å². The average molecular weight is 450 g/mol. The van der Waals surface area contributed by atoms with E-state index in [2.05, 4.69) is 51.8 Å². The van der Waals surface area contributed by atoms with Gasteiger partial charge in [-0.25, -0.2) is 4.98 Å². The van der Waals surface area contributed by atoms with Gasteiger partial charge in [0.2, 0.25) is 0 Å². The number of benzene rings is 1. The van der Waals surface area contributed by atoms with Crippen molar-refractivity contribution in [2.45, 2.75) is 70.5 Å². The first-order valence-corrected chi connectivity index (χ1v) is 12.4. The van der Waals surface area contributed by atoms with Gasteiger partial charge in [0.25, 0.3) is 5.91 Å². The number of carbonyl (C=O) groups excluding carboxylic acids is 1. The number of nitrogens with zero attached hydrogens (tertiary/aromatic N) is 3. The number of para-hydroxylation sites is 1. The van der Waals surface area contributed by atoms with Crippen LogP contribution in [0.4, 0.5) is 0 Å². The molecule has 1 aromatic carbocycles. The van der Waals surface area contributed by atoms with E-state index in [-0.39, 0.29) is 5.92 Å². The Kier molecular flexibility index (Phi) is 6.51. The lowest BCUT2D eigenvalue weighted by atomic mass is 9.89. The van der Waals surface area contributed by atoms with Crippen molar-refractivity contribution in [2.24, 2.45) is 5.73 Å². The minimum Gasteiger partial charge on any atom is -0.380 e. The minimum atomic E-state index is -0.417. The lowest BCUT2D eigenvalue weighted by molar-refractivity contribution is 0.00677. The molecule has 0 radical (unpaired) electrons. The number of primary amides is 1. The summed E-state index contributed by atoms with van der Waals surface area (Å²) in [5, 5.41) is 1.25. The fraction of sp³-hybridized carbons (Fsp3) is 0.538. The lowest BCUT2D eigenvalue weighted by Gasteiger charge is -2.37. The van der Waals surface area contributed by atoms with E-state index < -0.39 is 5.91 Å². The van der Waals surface area contributed by atoms with Gasteiger partial charge in [-0.05, 0) is 37.3 Å². The number of hydrogen-bond donors (Lipinski definition) is 2. The normalized spacial score (nSPS) is 20.1.